The van der Waals surface area contributed by atoms with Gasteiger partial charge in [-0.1, -0.05) is 59.8 Å². The summed E-state index contributed by atoms with van der Waals surface area (Å²) in [5.41, 5.74) is 3.54. The molecule has 0 aromatic heterocycles. The van der Waals surface area contributed by atoms with Gasteiger partial charge in [-0.15, -0.1) is 5.10 Å². The smallest absolute Gasteiger partial charge is 0.276 e. The molecule has 3 aromatic carbocycles. The summed E-state index contributed by atoms with van der Waals surface area (Å²) in [6.45, 7) is 2.06. The molecule has 2 aliphatic rings. The second-order valence-corrected chi connectivity index (χ2v) is 9.27. The number of rotatable bonds is 6. The Kier molecular flexibility index (Phi) is 6.56. The van der Waals surface area contributed by atoms with E-state index < -0.39 is 6.17 Å². The Hall–Kier alpha value is -3.98. The molecule has 0 bridgehead atoms. The van der Waals surface area contributed by atoms with E-state index in [9.17, 15) is 4.79 Å². The molecule has 36 heavy (non-hydrogen) atoms. The molecular formula is C27H26N4O4S. The Bertz CT molecular complexity index is 1440. The molecule has 9 heteroatoms. The minimum absolute atomic E-state index is 0.226. The topological polar surface area (TPSA) is 84.8 Å². The number of para-hydroxylation sites is 1. The van der Waals surface area contributed by atoms with E-state index >= 15 is 0 Å². The number of nitrogens with zero attached hydrogens (tertiary/aromatic N) is 3. The molecule has 0 aliphatic carbocycles. The summed E-state index contributed by atoms with van der Waals surface area (Å²) in [6.07, 6.45) is -0.607. The van der Waals surface area contributed by atoms with Crippen LogP contribution in [0.3, 0.4) is 0 Å². The van der Waals surface area contributed by atoms with Gasteiger partial charge in [-0.2, -0.15) is 0 Å². The fourth-order valence-electron chi connectivity index (χ4n) is 4.20. The third kappa shape index (κ3) is 4.37. The third-order valence-electron chi connectivity index (χ3n) is 6.00. The zero-order chi connectivity index (χ0) is 25.2. The van der Waals surface area contributed by atoms with Crippen LogP contribution in [0.5, 0.6) is 17.2 Å². The molecule has 1 N–H and O–H groups in total. The predicted octanol–water partition coefficient (Wildman–Crippen LogP) is 3.10. The number of hydrazone groups is 1. The largest absolute Gasteiger partial charge is 0.493 e. The van der Waals surface area contributed by atoms with Crippen LogP contribution in [0.4, 0.5) is 0 Å². The van der Waals surface area contributed by atoms with Crippen LogP contribution < -0.4 is 30.1 Å². The highest BCUT2D eigenvalue weighted by molar-refractivity contribution is 8.13. The van der Waals surface area contributed by atoms with E-state index in [1.165, 1.54) is 17.3 Å². The number of carbonyl (C=O) groups excluding carboxylic acids is 1. The predicted molar refractivity (Wildman–Crippen MR) is 139 cm³/mol. The Balaban J connectivity index is 1.59. The molecule has 3 aromatic rings. The maximum absolute atomic E-state index is 13.4. The highest BCUT2D eigenvalue weighted by atomic mass is 32.2. The van der Waals surface area contributed by atoms with Crippen LogP contribution in [-0.2, 0) is 10.5 Å². The lowest BCUT2D eigenvalue weighted by molar-refractivity contribution is -0.116. The second-order valence-electron chi connectivity index (χ2n) is 8.31. The third-order valence-corrected chi connectivity index (χ3v) is 6.93. The molecule has 0 fully saturated rings. The van der Waals surface area contributed by atoms with E-state index in [0.717, 1.165) is 16.3 Å². The number of amidine groups is 1. The number of fused-ring (bicyclic) bond motifs is 2. The summed E-state index contributed by atoms with van der Waals surface area (Å²) in [5, 5.41) is 11.4. The molecule has 0 saturated carbocycles. The zero-order valence-corrected chi connectivity index (χ0v) is 21.3. The van der Waals surface area contributed by atoms with Gasteiger partial charge in [-0.3, -0.25) is 15.1 Å². The van der Waals surface area contributed by atoms with Gasteiger partial charge in [0.15, 0.2) is 22.8 Å². The first-order chi connectivity index (χ1) is 17.5. The number of benzene rings is 3. The molecule has 1 atom stereocenters. The van der Waals surface area contributed by atoms with Gasteiger partial charge >= 0.3 is 0 Å². The summed E-state index contributed by atoms with van der Waals surface area (Å²) >= 11 is 1.47. The van der Waals surface area contributed by atoms with Gasteiger partial charge in [0.25, 0.3) is 5.91 Å². The number of ether oxygens (including phenoxy) is 3. The van der Waals surface area contributed by atoms with Crippen molar-refractivity contribution >= 4 is 28.5 Å². The van der Waals surface area contributed by atoms with Crippen LogP contribution in [0.2, 0.25) is 0 Å². The number of methoxy groups -OCH3 is 3. The molecule has 2 heterocycles. The van der Waals surface area contributed by atoms with Crippen molar-refractivity contribution in [3.05, 3.63) is 87.9 Å². The summed E-state index contributed by atoms with van der Waals surface area (Å²) < 4.78 is 16.6. The van der Waals surface area contributed by atoms with Crippen LogP contribution >= 0.6 is 11.8 Å². The average molecular weight is 503 g/mol. The van der Waals surface area contributed by atoms with Gasteiger partial charge in [0, 0.05) is 16.5 Å². The molecule has 5 rings (SSSR count). The average Bonchev–Trinajstić information content (AvgIpc) is 2.91. The molecule has 0 spiro atoms. The van der Waals surface area contributed by atoms with E-state index in [0.29, 0.717) is 39.2 Å². The monoisotopic (exact) mass is 502 g/mol. The number of amides is 1. The molecule has 0 saturated heterocycles. The minimum Gasteiger partial charge on any atom is -0.493 e. The second kappa shape index (κ2) is 9.94. The van der Waals surface area contributed by atoms with Crippen molar-refractivity contribution in [2.45, 2.75) is 18.8 Å². The van der Waals surface area contributed by atoms with Gasteiger partial charge in [-0.05, 0) is 30.7 Å². The molecular weight excluding hydrogens is 476 g/mol. The number of hydrogen-bond donors (Lipinski definition) is 1. The van der Waals surface area contributed by atoms with Crippen molar-refractivity contribution in [2.24, 2.45) is 10.1 Å². The van der Waals surface area contributed by atoms with Gasteiger partial charge in [0.2, 0.25) is 5.75 Å². The maximum atomic E-state index is 13.4. The molecule has 184 valence electrons. The van der Waals surface area contributed by atoms with Crippen molar-refractivity contribution in [1.29, 1.82) is 0 Å². The standard InChI is InChI=1S/C27H26N4O4S/c1-16-9-11-17(12-10-16)15-36-27-29-26(32)23-19-7-5-6-8-20(19)28-25(31(23)30-27)18-13-21(33-2)24(35-4)22(14-18)34-3/h5-14,25H,15H2,1-4H3,(H,29,30,32). The quantitative estimate of drug-likeness (QED) is 0.558. The number of nitrogens with one attached hydrogen (secondary N) is 1. The van der Waals surface area contributed by atoms with Gasteiger partial charge in [-0.25, -0.2) is 5.01 Å². The SMILES string of the molecule is COc1cc(C2N=c3ccccc3=C3C(=O)NC(SCc4ccc(C)cc4)=NN32)cc(OC)c1OC. The van der Waals surface area contributed by atoms with Gasteiger partial charge in [0.05, 0.1) is 26.7 Å². The Morgan fingerprint density at radius 1 is 0.972 bits per heavy atom. The Morgan fingerprint density at radius 3 is 2.33 bits per heavy atom. The van der Waals surface area contributed by atoms with Crippen LogP contribution in [0.15, 0.2) is 70.8 Å². The number of aryl methyl sites for hydroxylation is 1. The minimum atomic E-state index is -0.607. The van der Waals surface area contributed by atoms with E-state index in [-0.39, 0.29) is 5.91 Å². The summed E-state index contributed by atoms with van der Waals surface area (Å²) in [5.74, 6) is 1.93. The van der Waals surface area contributed by atoms with E-state index in [1.807, 2.05) is 36.4 Å². The first kappa shape index (κ1) is 23.7. The van der Waals surface area contributed by atoms with Crippen molar-refractivity contribution in [3.63, 3.8) is 0 Å². The number of carbonyl (C=O) groups is 1. The van der Waals surface area contributed by atoms with Crippen molar-refractivity contribution < 1.29 is 19.0 Å². The summed E-state index contributed by atoms with van der Waals surface area (Å²) in [4.78, 5) is 18.3. The number of thioether (sulfide) groups is 1. The maximum Gasteiger partial charge on any atom is 0.276 e. The van der Waals surface area contributed by atoms with Crippen LogP contribution in [-0.4, -0.2) is 37.4 Å². The first-order valence-electron chi connectivity index (χ1n) is 11.4. The van der Waals surface area contributed by atoms with E-state index in [2.05, 4.69) is 36.5 Å². The Labute approximate surface area is 213 Å². The highest BCUT2D eigenvalue weighted by Crippen LogP contribution is 2.42. The fraction of sp³-hybridized carbons (Fsp3) is 0.222. The molecule has 0 radical (unpaired) electrons. The van der Waals surface area contributed by atoms with E-state index in [4.69, 9.17) is 24.3 Å². The van der Waals surface area contributed by atoms with Gasteiger partial charge in [0.1, 0.15) is 5.70 Å². The lowest BCUT2D eigenvalue weighted by atomic mass is 10.1. The first-order valence-corrected chi connectivity index (χ1v) is 12.4. The normalized spacial score (nSPS) is 16.3. The van der Waals surface area contributed by atoms with Crippen LogP contribution in [0.1, 0.15) is 22.9 Å². The molecule has 8 nitrogen and oxygen atoms in total. The zero-order valence-electron chi connectivity index (χ0n) is 20.4. The molecule has 1 unspecified atom stereocenters. The fourth-order valence-corrected chi connectivity index (χ4v) is 5.00. The van der Waals surface area contributed by atoms with Crippen molar-refractivity contribution in [2.75, 3.05) is 21.3 Å². The summed E-state index contributed by atoms with van der Waals surface area (Å²) in [6, 6.07) is 19.5. The van der Waals surface area contributed by atoms with Crippen LogP contribution in [0.25, 0.3) is 5.70 Å². The molecule has 1 amide bonds. The van der Waals surface area contributed by atoms with Crippen molar-refractivity contribution in [3.8, 4) is 17.2 Å². The summed E-state index contributed by atoms with van der Waals surface area (Å²) in [7, 11) is 4.69. The van der Waals surface area contributed by atoms with Gasteiger partial charge < -0.3 is 14.2 Å². The highest BCUT2D eigenvalue weighted by Gasteiger charge is 2.35. The lowest BCUT2D eigenvalue weighted by Crippen LogP contribution is -2.50. The van der Waals surface area contributed by atoms with Crippen molar-refractivity contribution in [1.82, 2.24) is 10.3 Å². The van der Waals surface area contributed by atoms with Crippen LogP contribution in [0, 0.1) is 6.92 Å². The Morgan fingerprint density at radius 2 is 1.67 bits per heavy atom. The number of hydrogen-bond acceptors (Lipinski definition) is 8. The lowest BCUT2D eigenvalue weighted by Gasteiger charge is -2.34. The van der Waals surface area contributed by atoms with E-state index in [1.54, 1.807) is 26.3 Å². The molecule has 2 aliphatic heterocycles.